The lowest BCUT2D eigenvalue weighted by Crippen LogP contribution is -2.44. The summed E-state index contributed by atoms with van der Waals surface area (Å²) in [5.41, 5.74) is 2.49. The molecule has 4 nitrogen and oxygen atoms in total. The van der Waals surface area contributed by atoms with Gasteiger partial charge in [-0.1, -0.05) is 0 Å². The Kier molecular flexibility index (Phi) is 2.86. The smallest absolute Gasteiger partial charge is 0.124 e. The van der Waals surface area contributed by atoms with Crippen LogP contribution in [-0.2, 0) is 0 Å². The van der Waals surface area contributed by atoms with Crippen LogP contribution >= 0.6 is 15.9 Å². The fourth-order valence-corrected chi connectivity index (χ4v) is 3.75. The molecule has 2 atom stereocenters. The van der Waals surface area contributed by atoms with Crippen LogP contribution in [0.1, 0.15) is 6.42 Å². The number of likely N-dealkylation sites (N-methyl/N-ethyl adjacent to an activating group) is 1. The van der Waals surface area contributed by atoms with Gasteiger partial charge in [-0.15, -0.1) is 0 Å². The van der Waals surface area contributed by atoms with E-state index in [0.29, 0.717) is 6.04 Å². The molecular formula is C15H17BrN4. The van der Waals surface area contributed by atoms with E-state index >= 15 is 0 Å². The normalized spacial score (nSPS) is 25.6. The van der Waals surface area contributed by atoms with Crippen LogP contribution in [0.5, 0.6) is 0 Å². The molecule has 2 aromatic rings. The summed E-state index contributed by atoms with van der Waals surface area (Å²) in [4.78, 5) is 9.23. The molecular weight excluding hydrogens is 316 g/mol. The summed E-state index contributed by atoms with van der Waals surface area (Å²) >= 11 is 3.38. The molecule has 2 bridgehead atoms. The Balaban J connectivity index is 1.57. The fraction of sp³-hybridized carbons (Fsp3) is 0.400. The number of aromatic nitrogens is 2. The van der Waals surface area contributed by atoms with Gasteiger partial charge in [0, 0.05) is 42.7 Å². The van der Waals surface area contributed by atoms with Gasteiger partial charge in [0.1, 0.15) is 10.9 Å². The molecule has 0 spiro atoms. The Hall–Kier alpha value is -1.33. The lowest BCUT2D eigenvalue weighted by Gasteiger charge is -2.33. The van der Waals surface area contributed by atoms with Crippen LogP contribution < -0.4 is 4.90 Å². The zero-order valence-electron chi connectivity index (χ0n) is 11.4. The molecule has 20 heavy (non-hydrogen) atoms. The summed E-state index contributed by atoms with van der Waals surface area (Å²) in [5.74, 6) is 0. The molecule has 104 valence electrons. The van der Waals surface area contributed by atoms with Crippen molar-refractivity contribution in [3.05, 3.63) is 41.4 Å². The molecule has 2 aliphatic heterocycles. The van der Waals surface area contributed by atoms with E-state index in [1.54, 1.807) is 0 Å². The van der Waals surface area contributed by atoms with Gasteiger partial charge >= 0.3 is 0 Å². The molecule has 0 N–H and O–H groups in total. The summed E-state index contributed by atoms with van der Waals surface area (Å²) in [6.07, 6.45) is 5.11. The average molecular weight is 333 g/mol. The van der Waals surface area contributed by atoms with Crippen molar-refractivity contribution in [1.29, 1.82) is 0 Å². The van der Waals surface area contributed by atoms with E-state index in [-0.39, 0.29) is 0 Å². The molecule has 5 heteroatoms. The number of rotatable bonds is 2. The minimum atomic E-state index is 0.693. The second kappa shape index (κ2) is 4.60. The van der Waals surface area contributed by atoms with Gasteiger partial charge < -0.3 is 9.47 Å². The monoisotopic (exact) mass is 332 g/mol. The minimum absolute atomic E-state index is 0.693. The van der Waals surface area contributed by atoms with Crippen LogP contribution in [0.25, 0.3) is 5.69 Å². The van der Waals surface area contributed by atoms with E-state index in [0.717, 1.165) is 22.9 Å². The van der Waals surface area contributed by atoms with Gasteiger partial charge in [0.15, 0.2) is 0 Å². The number of benzene rings is 1. The molecule has 1 aromatic carbocycles. The Morgan fingerprint density at radius 3 is 2.40 bits per heavy atom. The number of fused-ring (bicyclic) bond motifs is 2. The lowest BCUT2D eigenvalue weighted by molar-refractivity contribution is 0.292. The van der Waals surface area contributed by atoms with Crippen LogP contribution in [0.2, 0.25) is 0 Å². The first-order valence-corrected chi connectivity index (χ1v) is 7.77. The zero-order chi connectivity index (χ0) is 13.7. The molecule has 3 heterocycles. The van der Waals surface area contributed by atoms with Gasteiger partial charge in [0.05, 0.1) is 0 Å². The van der Waals surface area contributed by atoms with Crippen molar-refractivity contribution in [3.63, 3.8) is 0 Å². The predicted molar refractivity (Wildman–Crippen MR) is 83.4 cm³/mol. The van der Waals surface area contributed by atoms with Gasteiger partial charge in [0.2, 0.25) is 0 Å². The first kappa shape index (κ1) is 12.4. The maximum absolute atomic E-state index is 4.20. The van der Waals surface area contributed by atoms with Gasteiger partial charge in [-0.25, -0.2) is 4.98 Å². The van der Waals surface area contributed by atoms with Crippen LogP contribution in [-0.4, -0.2) is 46.7 Å². The number of nitrogens with zero attached hydrogens (tertiary/aromatic N) is 4. The van der Waals surface area contributed by atoms with Gasteiger partial charge in [-0.05, 0) is 53.7 Å². The molecule has 2 saturated heterocycles. The molecule has 4 rings (SSSR count). The minimum Gasteiger partial charge on any atom is -0.366 e. The Bertz CT molecular complexity index is 619. The molecule has 2 aliphatic rings. The third-order valence-corrected chi connectivity index (χ3v) is 4.95. The van der Waals surface area contributed by atoms with Crippen LogP contribution in [0.15, 0.2) is 41.4 Å². The van der Waals surface area contributed by atoms with E-state index in [1.807, 2.05) is 17.1 Å². The van der Waals surface area contributed by atoms with E-state index in [4.69, 9.17) is 0 Å². The Morgan fingerprint density at radius 2 is 1.85 bits per heavy atom. The highest BCUT2D eigenvalue weighted by molar-refractivity contribution is 9.10. The molecule has 2 fully saturated rings. The molecule has 0 unspecified atom stereocenters. The van der Waals surface area contributed by atoms with Crippen LogP contribution in [0, 0.1) is 0 Å². The highest BCUT2D eigenvalue weighted by atomic mass is 79.9. The highest BCUT2D eigenvalue weighted by Gasteiger charge is 2.41. The summed E-state index contributed by atoms with van der Waals surface area (Å²) in [5, 5.41) is 0. The number of hydrogen-bond donors (Lipinski definition) is 0. The summed E-state index contributed by atoms with van der Waals surface area (Å²) in [6.45, 7) is 2.36. The van der Waals surface area contributed by atoms with Gasteiger partial charge in [-0.3, -0.25) is 4.90 Å². The van der Waals surface area contributed by atoms with Crippen molar-refractivity contribution < 1.29 is 0 Å². The van der Waals surface area contributed by atoms with Crippen LogP contribution in [0.4, 0.5) is 5.69 Å². The quantitative estimate of drug-likeness (QED) is 0.844. The number of halogens is 1. The third-order valence-electron chi connectivity index (χ3n) is 4.55. The SMILES string of the molecule is CN1C[C@H]2C[C@@H]1CN2c1ccc(-n2cnc(Br)c2)cc1. The lowest BCUT2D eigenvalue weighted by atomic mass is 10.2. The number of imidazole rings is 1. The van der Waals surface area contributed by atoms with Crippen molar-refractivity contribution >= 4 is 21.6 Å². The summed E-state index contributed by atoms with van der Waals surface area (Å²) in [6, 6.07) is 10.2. The second-order valence-electron chi connectivity index (χ2n) is 5.76. The first-order chi connectivity index (χ1) is 9.70. The van der Waals surface area contributed by atoms with E-state index < -0.39 is 0 Å². The maximum Gasteiger partial charge on any atom is 0.124 e. The van der Waals surface area contributed by atoms with Gasteiger partial charge in [0.25, 0.3) is 0 Å². The topological polar surface area (TPSA) is 24.3 Å². The number of piperazine rings is 1. The predicted octanol–water partition coefficient (Wildman–Crippen LogP) is 2.53. The summed E-state index contributed by atoms with van der Waals surface area (Å²) < 4.78 is 2.89. The first-order valence-electron chi connectivity index (χ1n) is 6.97. The highest BCUT2D eigenvalue weighted by Crippen LogP contribution is 2.33. The number of likely N-dealkylation sites (tertiary alicyclic amines) is 1. The molecule has 0 radical (unpaired) electrons. The summed E-state index contributed by atoms with van der Waals surface area (Å²) in [7, 11) is 2.24. The van der Waals surface area contributed by atoms with E-state index in [1.165, 1.54) is 18.7 Å². The molecule has 0 amide bonds. The van der Waals surface area contributed by atoms with E-state index in [2.05, 4.69) is 62.0 Å². The zero-order valence-corrected chi connectivity index (χ0v) is 13.0. The molecule has 0 saturated carbocycles. The van der Waals surface area contributed by atoms with Crippen molar-refractivity contribution in [1.82, 2.24) is 14.5 Å². The Labute approximate surface area is 127 Å². The Morgan fingerprint density at radius 1 is 1.10 bits per heavy atom. The second-order valence-corrected chi connectivity index (χ2v) is 6.57. The van der Waals surface area contributed by atoms with Gasteiger partial charge in [-0.2, -0.15) is 0 Å². The van der Waals surface area contributed by atoms with Crippen molar-refractivity contribution in [2.45, 2.75) is 18.5 Å². The van der Waals surface area contributed by atoms with Crippen LogP contribution in [0.3, 0.4) is 0 Å². The largest absolute Gasteiger partial charge is 0.366 e. The number of hydrogen-bond acceptors (Lipinski definition) is 3. The van der Waals surface area contributed by atoms with Crippen molar-refractivity contribution in [3.8, 4) is 5.69 Å². The molecule has 0 aliphatic carbocycles. The van der Waals surface area contributed by atoms with E-state index in [9.17, 15) is 0 Å². The standard InChI is InChI=1S/C15H17BrN4/c1-18-7-14-6-13(18)8-20(14)12-4-2-11(3-5-12)19-9-15(16)17-10-19/h2-5,9-10,13-14H,6-8H2,1H3/t13-,14-/m1/s1. The molecule has 1 aromatic heterocycles. The maximum atomic E-state index is 4.20. The average Bonchev–Trinajstić information content (AvgIpc) is 3.14. The third kappa shape index (κ3) is 1.96. The fourth-order valence-electron chi connectivity index (χ4n) is 3.44. The van der Waals surface area contributed by atoms with Crippen molar-refractivity contribution in [2.24, 2.45) is 0 Å². The number of anilines is 1. The van der Waals surface area contributed by atoms with Crippen molar-refractivity contribution in [2.75, 3.05) is 25.0 Å².